The standard InChI is InChI=1S/C21H28N2O5S2/c1-15(2)23(5)30(27,28)20-10-6-17(7-11-20)14-22-21(24)18-8-12-19(13-9-18)29(25,26)16(3)4/h6-13,15-16H,14H2,1-5H3,(H,22,24). The molecule has 2 aromatic rings. The zero-order chi connectivity index (χ0) is 22.7. The molecule has 1 N–H and O–H groups in total. The second kappa shape index (κ2) is 9.28. The number of carbonyl (C=O) groups is 1. The van der Waals surface area contributed by atoms with Crippen LogP contribution in [0.25, 0.3) is 0 Å². The molecule has 0 saturated carbocycles. The number of carbonyl (C=O) groups excluding carboxylic acids is 1. The third-order valence-electron chi connectivity index (χ3n) is 4.85. The van der Waals surface area contributed by atoms with Crippen LogP contribution in [0.1, 0.15) is 43.6 Å². The molecule has 2 aromatic carbocycles. The Morgan fingerprint density at radius 1 is 0.867 bits per heavy atom. The maximum absolute atomic E-state index is 12.5. The van der Waals surface area contributed by atoms with Crippen LogP contribution in [0.3, 0.4) is 0 Å². The molecule has 0 atom stereocenters. The van der Waals surface area contributed by atoms with Crippen molar-refractivity contribution in [2.75, 3.05) is 7.05 Å². The lowest BCUT2D eigenvalue weighted by atomic mass is 10.2. The quantitative estimate of drug-likeness (QED) is 0.664. The number of rotatable bonds is 8. The molecule has 0 aliphatic heterocycles. The van der Waals surface area contributed by atoms with E-state index < -0.39 is 25.1 Å². The second-order valence-electron chi connectivity index (χ2n) is 7.56. The van der Waals surface area contributed by atoms with Gasteiger partial charge >= 0.3 is 0 Å². The van der Waals surface area contributed by atoms with Gasteiger partial charge in [0.25, 0.3) is 5.91 Å². The molecule has 0 heterocycles. The lowest BCUT2D eigenvalue weighted by Gasteiger charge is -2.21. The third-order valence-corrected chi connectivity index (χ3v) is 9.06. The van der Waals surface area contributed by atoms with Gasteiger partial charge in [0.2, 0.25) is 10.0 Å². The van der Waals surface area contributed by atoms with Crippen LogP contribution in [0.5, 0.6) is 0 Å². The van der Waals surface area contributed by atoms with Crippen molar-refractivity contribution in [2.45, 2.75) is 55.3 Å². The average Bonchev–Trinajstić information content (AvgIpc) is 2.71. The fourth-order valence-corrected chi connectivity index (χ4v) is 5.00. The van der Waals surface area contributed by atoms with Crippen molar-refractivity contribution in [1.29, 1.82) is 0 Å². The fraction of sp³-hybridized carbons (Fsp3) is 0.381. The average molecular weight is 453 g/mol. The molecule has 0 fully saturated rings. The summed E-state index contributed by atoms with van der Waals surface area (Å²) in [5.74, 6) is -0.347. The highest BCUT2D eigenvalue weighted by molar-refractivity contribution is 7.92. The van der Waals surface area contributed by atoms with Crippen molar-refractivity contribution in [2.24, 2.45) is 0 Å². The molecule has 0 aliphatic rings. The molecule has 1 amide bonds. The van der Waals surface area contributed by atoms with Gasteiger partial charge in [-0.25, -0.2) is 16.8 Å². The Hall–Kier alpha value is -2.23. The van der Waals surface area contributed by atoms with E-state index in [1.54, 1.807) is 39.8 Å². The van der Waals surface area contributed by atoms with E-state index in [0.29, 0.717) is 5.56 Å². The molecular weight excluding hydrogens is 424 g/mol. The van der Waals surface area contributed by atoms with Crippen LogP contribution in [0.4, 0.5) is 0 Å². The first-order valence-corrected chi connectivity index (χ1v) is 12.5. The van der Waals surface area contributed by atoms with Gasteiger partial charge in [0, 0.05) is 25.2 Å². The van der Waals surface area contributed by atoms with Gasteiger partial charge in [-0.3, -0.25) is 4.79 Å². The molecular formula is C21H28N2O5S2. The van der Waals surface area contributed by atoms with Gasteiger partial charge in [-0.1, -0.05) is 12.1 Å². The number of hydrogen-bond acceptors (Lipinski definition) is 5. The summed E-state index contributed by atoms with van der Waals surface area (Å²) < 4.78 is 50.6. The van der Waals surface area contributed by atoms with Crippen LogP contribution in [0.2, 0.25) is 0 Å². The predicted molar refractivity (Wildman–Crippen MR) is 116 cm³/mol. The Bertz CT molecular complexity index is 1090. The van der Waals surface area contributed by atoms with Crippen molar-refractivity contribution in [1.82, 2.24) is 9.62 Å². The highest BCUT2D eigenvalue weighted by Crippen LogP contribution is 2.18. The van der Waals surface area contributed by atoms with E-state index in [0.717, 1.165) is 5.56 Å². The van der Waals surface area contributed by atoms with E-state index in [1.807, 2.05) is 0 Å². The largest absolute Gasteiger partial charge is 0.348 e. The van der Waals surface area contributed by atoms with E-state index in [-0.39, 0.29) is 28.3 Å². The van der Waals surface area contributed by atoms with Gasteiger partial charge in [-0.2, -0.15) is 4.31 Å². The van der Waals surface area contributed by atoms with Gasteiger partial charge in [-0.15, -0.1) is 0 Å². The van der Waals surface area contributed by atoms with E-state index in [9.17, 15) is 21.6 Å². The van der Waals surface area contributed by atoms with Gasteiger partial charge in [-0.05, 0) is 69.7 Å². The Labute approximate surface area is 179 Å². The molecule has 0 bridgehead atoms. The summed E-state index contributed by atoms with van der Waals surface area (Å²) in [4.78, 5) is 12.7. The summed E-state index contributed by atoms with van der Waals surface area (Å²) in [5.41, 5.74) is 1.09. The number of benzene rings is 2. The lowest BCUT2D eigenvalue weighted by Crippen LogP contribution is -2.33. The van der Waals surface area contributed by atoms with E-state index in [4.69, 9.17) is 0 Å². The predicted octanol–water partition coefficient (Wildman–Crippen LogP) is 2.83. The molecule has 164 valence electrons. The van der Waals surface area contributed by atoms with Crippen molar-refractivity contribution in [3.05, 3.63) is 59.7 Å². The zero-order valence-corrected chi connectivity index (χ0v) is 19.4. The second-order valence-corrected chi connectivity index (χ2v) is 12.1. The van der Waals surface area contributed by atoms with Crippen molar-refractivity contribution >= 4 is 25.8 Å². The number of sulfonamides is 1. The van der Waals surface area contributed by atoms with Crippen molar-refractivity contribution in [3.63, 3.8) is 0 Å². The number of nitrogens with one attached hydrogen (secondary N) is 1. The molecule has 0 saturated heterocycles. The monoisotopic (exact) mass is 452 g/mol. The van der Waals surface area contributed by atoms with E-state index in [2.05, 4.69) is 5.32 Å². The first kappa shape index (κ1) is 24.0. The van der Waals surface area contributed by atoms with Crippen LogP contribution >= 0.6 is 0 Å². The summed E-state index contributed by atoms with van der Waals surface area (Å²) in [6, 6.07) is 12.0. The summed E-state index contributed by atoms with van der Waals surface area (Å²) in [7, 11) is -5.41. The van der Waals surface area contributed by atoms with Crippen molar-refractivity contribution < 1.29 is 21.6 Å². The summed E-state index contributed by atoms with van der Waals surface area (Å²) >= 11 is 0. The minimum atomic E-state index is -3.55. The summed E-state index contributed by atoms with van der Waals surface area (Å²) in [5, 5.41) is 2.21. The smallest absolute Gasteiger partial charge is 0.251 e. The SMILES string of the molecule is CC(C)N(C)S(=O)(=O)c1ccc(CNC(=O)c2ccc(S(=O)(=O)C(C)C)cc2)cc1. The minimum Gasteiger partial charge on any atom is -0.348 e. The molecule has 7 nitrogen and oxygen atoms in total. The van der Waals surface area contributed by atoms with Gasteiger partial charge in [0.1, 0.15) is 0 Å². The van der Waals surface area contributed by atoms with Gasteiger partial charge in [0.05, 0.1) is 15.0 Å². The molecule has 0 aliphatic carbocycles. The number of sulfone groups is 1. The number of nitrogens with zero attached hydrogens (tertiary/aromatic N) is 1. The lowest BCUT2D eigenvalue weighted by molar-refractivity contribution is 0.0950. The first-order chi connectivity index (χ1) is 13.9. The minimum absolute atomic E-state index is 0.157. The van der Waals surface area contributed by atoms with Crippen LogP contribution in [-0.4, -0.2) is 45.4 Å². The van der Waals surface area contributed by atoms with Crippen molar-refractivity contribution in [3.8, 4) is 0 Å². The Morgan fingerprint density at radius 3 is 1.83 bits per heavy atom. The van der Waals surface area contributed by atoms with Gasteiger partial charge < -0.3 is 5.32 Å². The van der Waals surface area contributed by atoms with E-state index >= 15 is 0 Å². The highest BCUT2D eigenvalue weighted by atomic mass is 32.2. The highest BCUT2D eigenvalue weighted by Gasteiger charge is 2.23. The number of hydrogen-bond donors (Lipinski definition) is 1. The molecule has 30 heavy (non-hydrogen) atoms. The van der Waals surface area contributed by atoms with Crippen LogP contribution < -0.4 is 5.32 Å². The molecule has 0 spiro atoms. The Morgan fingerprint density at radius 2 is 1.37 bits per heavy atom. The first-order valence-electron chi connectivity index (χ1n) is 9.56. The topological polar surface area (TPSA) is 101 Å². The molecule has 9 heteroatoms. The maximum atomic E-state index is 12.5. The molecule has 0 radical (unpaired) electrons. The van der Waals surface area contributed by atoms with Crippen LogP contribution in [-0.2, 0) is 26.4 Å². The molecule has 0 aromatic heterocycles. The normalized spacial score (nSPS) is 12.5. The Balaban J connectivity index is 2.05. The fourth-order valence-electron chi connectivity index (χ4n) is 2.58. The number of amides is 1. The molecule has 0 unspecified atom stereocenters. The van der Waals surface area contributed by atoms with Gasteiger partial charge in [0.15, 0.2) is 9.84 Å². The van der Waals surface area contributed by atoms with Crippen LogP contribution in [0, 0.1) is 0 Å². The van der Waals surface area contributed by atoms with E-state index in [1.165, 1.54) is 47.8 Å². The third kappa shape index (κ3) is 5.27. The molecule has 2 rings (SSSR count). The summed E-state index contributed by atoms with van der Waals surface area (Å²) in [6.45, 7) is 7.02. The summed E-state index contributed by atoms with van der Waals surface area (Å²) in [6.07, 6.45) is 0. The van der Waals surface area contributed by atoms with Crippen LogP contribution in [0.15, 0.2) is 58.3 Å². The Kier molecular flexibility index (Phi) is 7.44. The zero-order valence-electron chi connectivity index (χ0n) is 17.8. The maximum Gasteiger partial charge on any atom is 0.251 e.